The summed E-state index contributed by atoms with van der Waals surface area (Å²) < 4.78 is 18.7. The van der Waals surface area contributed by atoms with E-state index in [0.717, 1.165) is 47.8 Å². The molecule has 0 bridgehead atoms. The molecular formula is C23H23N7O3. The number of fused-ring (bicyclic) bond motifs is 2. The molecule has 0 amide bonds. The molecule has 168 valence electrons. The molecule has 5 heterocycles. The molecule has 10 nitrogen and oxygen atoms in total. The van der Waals surface area contributed by atoms with Crippen molar-refractivity contribution in [3.8, 4) is 34.1 Å². The standard InChI is InChI=1S/C23H23N7O3/c1-15-17(18-5-6-24-22(26-18)29-7-11-31-12-8-29)14-25-23-27-21(28-30(15)23)16-3-4-19-20(13-16)33-10-2-9-32-19/h3-6,13-14H,2,7-12H2,1H3. The van der Waals surface area contributed by atoms with Crippen LogP contribution in [-0.2, 0) is 4.74 Å². The summed E-state index contributed by atoms with van der Waals surface area (Å²) in [7, 11) is 0. The SMILES string of the molecule is Cc1c(-c2ccnc(N3CCOCC3)n2)cnc2nc(-c3ccc4c(c3)OCCCO4)nn12. The van der Waals surface area contributed by atoms with Gasteiger partial charge >= 0.3 is 0 Å². The Bertz CT molecular complexity index is 1320. The van der Waals surface area contributed by atoms with Gasteiger partial charge in [0.1, 0.15) is 0 Å². The minimum absolute atomic E-state index is 0.529. The number of hydrogen-bond donors (Lipinski definition) is 0. The predicted molar refractivity (Wildman–Crippen MR) is 121 cm³/mol. The first kappa shape index (κ1) is 19.9. The van der Waals surface area contributed by atoms with Crippen molar-refractivity contribution >= 4 is 11.7 Å². The number of anilines is 1. The second-order valence-corrected chi connectivity index (χ2v) is 7.96. The van der Waals surface area contributed by atoms with Crippen molar-refractivity contribution in [2.24, 2.45) is 0 Å². The average Bonchev–Trinajstić information content (AvgIpc) is 3.17. The molecule has 0 N–H and O–H groups in total. The van der Waals surface area contributed by atoms with Crippen LogP contribution in [0.2, 0.25) is 0 Å². The molecule has 1 saturated heterocycles. The number of hydrogen-bond acceptors (Lipinski definition) is 9. The average molecular weight is 445 g/mol. The van der Waals surface area contributed by atoms with Gasteiger partial charge in [-0.15, -0.1) is 5.10 Å². The Kier molecular flexibility index (Phi) is 4.99. The van der Waals surface area contributed by atoms with Crippen LogP contribution in [0.1, 0.15) is 12.1 Å². The number of morpholine rings is 1. The van der Waals surface area contributed by atoms with E-state index in [1.165, 1.54) is 0 Å². The van der Waals surface area contributed by atoms with Crippen LogP contribution in [0.25, 0.3) is 28.4 Å². The van der Waals surface area contributed by atoms with Crippen LogP contribution in [0.5, 0.6) is 11.5 Å². The Morgan fingerprint density at radius 1 is 0.909 bits per heavy atom. The molecule has 4 aromatic rings. The second kappa shape index (κ2) is 8.28. The van der Waals surface area contributed by atoms with E-state index < -0.39 is 0 Å². The summed E-state index contributed by atoms with van der Waals surface area (Å²) in [4.78, 5) is 20.5. The molecule has 3 aromatic heterocycles. The number of aromatic nitrogens is 6. The number of ether oxygens (including phenoxy) is 3. The number of aryl methyl sites for hydroxylation is 1. The van der Waals surface area contributed by atoms with Crippen LogP contribution in [0, 0.1) is 6.92 Å². The molecule has 0 atom stereocenters. The zero-order chi connectivity index (χ0) is 22.2. The van der Waals surface area contributed by atoms with E-state index in [9.17, 15) is 0 Å². The maximum absolute atomic E-state index is 5.82. The number of rotatable bonds is 3. The molecule has 33 heavy (non-hydrogen) atoms. The molecule has 0 radical (unpaired) electrons. The fourth-order valence-corrected chi connectivity index (χ4v) is 4.03. The van der Waals surface area contributed by atoms with E-state index in [2.05, 4.69) is 19.9 Å². The lowest BCUT2D eigenvalue weighted by Gasteiger charge is -2.26. The lowest BCUT2D eigenvalue weighted by Crippen LogP contribution is -2.37. The zero-order valence-corrected chi connectivity index (χ0v) is 18.3. The third-order valence-electron chi connectivity index (χ3n) is 5.83. The largest absolute Gasteiger partial charge is 0.490 e. The summed E-state index contributed by atoms with van der Waals surface area (Å²) in [6.07, 6.45) is 4.43. The van der Waals surface area contributed by atoms with Gasteiger partial charge in [-0.3, -0.25) is 0 Å². The molecule has 2 aliphatic rings. The van der Waals surface area contributed by atoms with E-state index in [-0.39, 0.29) is 0 Å². The fraction of sp³-hybridized carbons (Fsp3) is 0.348. The van der Waals surface area contributed by atoms with Crippen LogP contribution in [0.15, 0.2) is 36.7 Å². The molecule has 0 saturated carbocycles. The van der Waals surface area contributed by atoms with E-state index in [4.69, 9.17) is 24.3 Å². The highest BCUT2D eigenvalue weighted by Crippen LogP contribution is 2.33. The molecule has 0 spiro atoms. The molecule has 1 fully saturated rings. The first-order valence-electron chi connectivity index (χ1n) is 11.0. The molecule has 2 aliphatic heterocycles. The van der Waals surface area contributed by atoms with Gasteiger partial charge in [0.15, 0.2) is 17.3 Å². The van der Waals surface area contributed by atoms with Gasteiger partial charge in [0.05, 0.1) is 37.8 Å². The topological polar surface area (TPSA) is 99.8 Å². The normalized spacial score (nSPS) is 16.1. The van der Waals surface area contributed by atoms with Gasteiger partial charge in [0.2, 0.25) is 5.95 Å². The van der Waals surface area contributed by atoms with Gasteiger partial charge in [0.25, 0.3) is 5.78 Å². The van der Waals surface area contributed by atoms with Gasteiger partial charge in [-0.05, 0) is 31.2 Å². The molecular weight excluding hydrogens is 422 g/mol. The van der Waals surface area contributed by atoms with Gasteiger partial charge in [-0.1, -0.05) is 0 Å². The van der Waals surface area contributed by atoms with Crippen LogP contribution in [-0.4, -0.2) is 69.1 Å². The van der Waals surface area contributed by atoms with Crippen LogP contribution in [0.4, 0.5) is 5.95 Å². The molecule has 1 aromatic carbocycles. The highest BCUT2D eigenvalue weighted by Gasteiger charge is 2.18. The van der Waals surface area contributed by atoms with Gasteiger partial charge in [-0.2, -0.15) is 4.98 Å². The maximum Gasteiger partial charge on any atom is 0.252 e. The smallest absolute Gasteiger partial charge is 0.252 e. The highest BCUT2D eigenvalue weighted by atomic mass is 16.5. The molecule has 0 unspecified atom stereocenters. The van der Waals surface area contributed by atoms with Crippen LogP contribution < -0.4 is 14.4 Å². The summed E-state index contributed by atoms with van der Waals surface area (Å²) in [6, 6.07) is 7.66. The first-order valence-corrected chi connectivity index (χ1v) is 11.0. The van der Waals surface area contributed by atoms with Crippen molar-refractivity contribution in [1.29, 1.82) is 0 Å². The Labute approximate surface area is 190 Å². The monoisotopic (exact) mass is 445 g/mol. The molecule has 6 rings (SSSR count). The van der Waals surface area contributed by atoms with Crippen LogP contribution >= 0.6 is 0 Å². The van der Waals surface area contributed by atoms with Crippen molar-refractivity contribution in [3.63, 3.8) is 0 Å². The van der Waals surface area contributed by atoms with E-state index >= 15 is 0 Å². The molecule has 0 aliphatic carbocycles. The summed E-state index contributed by atoms with van der Waals surface area (Å²) in [5.74, 6) is 3.26. The number of benzene rings is 1. The van der Waals surface area contributed by atoms with Gasteiger partial charge < -0.3 is 19.1 Å². The van der Waals surface area contributed by atoms with E-state index in [1.807, 2.05) is 31.2 Å². The Morgan fingerprint density at radius 3 is 2.64 bits per heavy atom. The minimum Gasteiger partial charge on any atom is -0.490 e. The van der Waals surface area contributed by atoms with Crippen molar-refractivity contribution in [2.45, 2.75) is 13.3 Å². The number of nitrogens with zero attached hydrogens (tertiary/aromatic N) is 7. The minimum atomic E-state index is 0.529. The Hall–Kier alpha value is -3.79. The highest BCUT2D eigenvalue weighted by molar-refractivity contribution is 5.66. The summed E-state index contributed by atoms with van der Waals surface area (Å²) in [5.41, 5.74) is 3.43. The first-order chi connectivity index (χ1) is 16.3. The summed E-state index contributed by atoms with van der Waals surface area (Å²) in [5, 5.41) is 4.73. The fourth-order valence-electron chi connectivity index (χ4n) is 4.03. The quantitative estimate of drug-likeness (QED) is 0.471. The van der Waals surface area contributed by atoms with Crippen molar-refractivity contribution in [1.82, 2.24) is 29.5 Å². The van der Waals surface area contributed by atoms with Crippen molar-refractivity contribution in [2.75, 3.05) is 44.4 Å². The van der Waals surface area contributed by atoms with E-state index in [0.29, 0.717) is 49.7 Å². The van der Waals surface area contributed by atoms with E-state index in [1.54, 1.807) is 16.9 Å². The van der Waals surface area contributed by atoms with Gasteiger partial charge in [0, 0.05) is 43.0 Å². The Morgan fingerprint density at radius 2 is 1.76 bits per heavy atom. The predicted octanol–water partition coefficient (Wildman–Crippen LogP) is 2.55. The maximum atomic E-state index is 5.82. The zero-order valence-electron chi connectivity index (χ0n) is 18.3. The molecule has 10 heteroatoms. The van der Waals surface area contributed by atoms with Crippen molar-refractivity contribution in [3.05, 3.63) is 42.4 Å². The Balaban J connectivity index is 1.36. The van der Waals surface area contributed by atoms with Crippen LogP contribution in [0.3, 0.4) is 0 Å². The second-order valence-electron chi connectivity index (χ2n) is 7.96. The lowest BCUT2D eigenvalue weighted by molar-refractivity contribution is 0.122. The van der Waals surface area contributed by atoms with Crippen molar-refractivity contribution < 1.29 is 14.2 Å². The third kappa shape index (κ3) is 3.72. The summed E-state index contributed by atoms with van der Waals surface area (Å²) >= 11 is 0. The third-order valence-corrected chi connectivity index (χ3v) is 5.83. The lowest BCUT2D eigenvalue weighted by atomic mass is 10.2. The summed E-state index contributed by atoms with van der Waals surface area (Å²) in [6.45, 7) is 6.20. The van der Waals surface area contributed by atoms with Gasteiger partial charge in [-0.25, -0.2) is 19.5 Å².